The predicted octanol–water partition coefficient (Wildman–Crippen LogP) is 3.86. The summed E-state index contributed by atoms with van der Waals surface area (Å²) in [5, 5.41) is 14.7. The molecule has 1 aromatic carbocycles. The third-order valence-corrected chi connectivity index (χ3v) is 3.47. The summed E-state index contributed by atoms with van der Waals surface area (Å²) in [4.78, 5) is 10.9. The Labute approximate surface area is 121 Å². The third-order valence-electron chi connectivity index (χ3n) is 3.47. The lowest BCUT2D eigenvalue weighted by Crippen LogP contribution is -2.33. The van der Waals surface area contributed by atoms with E-state index in [1.165, 1.54) is 0 Å². The van der Waals surface area contributed by atoms with Gasteiger partial charge in [0.15, 0.2) is 0 Å². The van der Waals surface area contributed by atoms with E-state index in [1.807, 2.05) is 13.0 Å². The number of benzene rings is 1. The highest BCUT2D eigenvalue weighted by Gasteiger charge is 2.20. The highest BCUT2D eigenvalue weighted by molar-refractivity contribution is 5.45. The number of nitrogens with zero attached hydrogens (tertiary/aromatic N) is 1. The molecule has 20 heavy (non-hydrogen) atoms. The van der Waals surface area contributed by atoms with Gasteiger partial charge in [0.1, 0.15) is 0 Å². The van der Waals surface area contributed by atoms with Crippen LogP contribution in [-0.4, -0.2) is 17.5 Å². The zero-order valence-electron chi connectivity index (χ0n) is 13.0. The quantitative estimate of drug-likeness (QED) is 0.580. The number of aryl methyl sites for hydroxylation is 1. The van der Waals surface area contributed by atoms with Crippen molar-refractivity contribution in [3.63, 3.8) is 0 Å². The normalized spacial score (nSPS) is 12.7. The van der Waals surface area contributed by atoms with Gasteiger partial charge in [0.2, 0.25) is 0 Å². The molecule has 0 radical (unpaired) electrons. The van der Waals surface area contributed by atoms with E-state index in [0.29, 0.717) is 12.0 Å². The summed E-state index contributed by atoms with van der Waals surface area (Å²) in [7, 11) is 0. The van der Waals surface area contributed by atoms with Crippen molar-refractivity contribution in [3.05, 3.63) is 39.4 Å². The van der Waals surface area contributed by atoms with Crippen molar-refractivity contribution < 1.29 is 4.92 Å². The van der Waals surface area contributed by atoms with Crippen LogP contribution in [0.15, 0.2) is 18.2 Å². The van der Waals surface area contributed by atoms with E-state index in [1.54, 1.807) is 12.1 Å². The molecule has 0 spiro atoms. The maximum atomic E-state index is 11.2. The molecule has 0 aliphatic carbocycles. The van der Waals surface area contributed by atoms with Gasteiger partial charge in [-0.3, -0.25) is 10.1 Å². The van der Waals surface area contributed by atoms with E-state index in [-0.39, 0.29) is 10.6 Å². The molecule has 0 aliphatic heterocycles. The van der Waals surface area contributed by atoms with Crippen LogP contribution < -0.4 is 5.32 Å². The fourth-order valence-electron chi connectivity index (χ4n) is 2.53. The number of hydrogen-bond donors (Lipinski definition) is 1. The molecule has 1 aromatic rings. The molecule has 0 heterocycles. The molecule has 4 nitrogen and oxygen atoms in total. The van der Waals surface area contributed by atoms with E-state index in [0.717, 1.165) is 36.9 Å². The maximum Gasteiger partial charge on any atom is 0.272 e. The first kappa shape index (κ1) is 16.6. The summed E-state index contributed by atoms with van der Waals surface area (Å²) >= 11 is 0. The molecular weight excluding hydrogens is 252 g/mol. The lowest BCUT2D eigenvalue weighted by molar-refractivity contribution is -0.385. The predicted molar refractivity (Wildman–Crippen MR) is 83.1 cm³/mol. The topological polar surface area (TPSA) is 55.2 Å². The van der Waals surface area contributed by atoms with Gasteiger partial charge in [0, 0.05) is 17.7 Å². The summed E-state index contributed by atoms with van der Waals surface area (Å²) in [6, 6.07) is 5.62. The van der Waals surface area contributed by atoms with Gasteiger partial charge in [0.25, 0.3) is 5.69 Å². The van der Waals surface area contributed by atoms with Crippen LogP contribution in [0, 0.1) is 23.0 Å². The Hall–Kier alpha value is -1.42. The standard InChI is InChI=1S/C16H26N2O2/c1-5-9-17-14(10-12(2)3)11-15-13(4)7-6-8-16(15)18(19)20/h6-8,12,14,17H,5,9-11H2,1-4H3. The van der Waals surface area contributed by atoms with Crippen molar-refractivity contribution in [1.29, 1.82) is 0 Å². The second-order valence-corrected chi connectivity index (χ2v) is 5.81. The number of rotatable bonds is 8. The summed E-state index contributed by atoms with van der Waals surface area (Å²) in [6.07, 6.45) is 2.83. The van der Waals surface area contributed by atoms with Crippen LogP contribution in [0.1, 0.15) is 44.7 Å². The Morgan fingerprint density at radius 3 is 2.60 bits per heavy atom. The number of nitro groups is 1. The van der Waals surface area contributed by atoms with E-state index in [9.17, 15) is 10.1 Å². The molecule has 112 valence electrons. The summed E-state index contributed by atoms with van der Waals surface area (Å²) in [6.45, 7) is 9.42. The van der Waals surface area contributed by atoms with E-state index in [4.69, 9.17) is 0 Å². The molecule has 0 saturated carbocycles. The minimum Gasteiger partial charge on any atom is -0.314 e. The van der Waals surface area contributed by atoms with Crippen LogP contribution in [0.3, 0.4) is 0 Å². The molecule has 0 amide bonds. The van der Waals surface area contributed by atoms with Gasteiger partial charge >= 0.3 is 0 Å². The highest BCUT2D eigenvalue weighted by Crippen LogP contribution is 2.24. The van der Waals surface area contributed by atoms with Crippen molar-refractivity contribution in [1.82, 2.24) is 5.32 Å². The zero-order valence-corrected chi connectivity index (χ0v) is 13.0. The van der Waals surface area contributed by atoms with Crippen molar-refractivity contribution in [2.24, 2.45) is 5.92 Å². The van der Waals surface area contributed by atoms with Crippen LogP contribution >= 0.6 is 0 Å². The Bertz CT molecular complexity index is 444. The van der Waals surface area contributed by atoms with Gasteiger partial charge in [-0.05, 0) is 44.2 Å². The van der Waals surface area contributed by atoms with Crippen molar-refractivity contribution in [2.75, 3.05) is 6.54 Å². The Morgan fingerprint density at radius 1 is 1.35 bits per heavy atom. The number of nitrogens with one attached hydrogen (secondary N) is 1. The smallest absolute Gasteiger partial charge is 0.272 e. The van der Waals surface area contributed by atoms with Crippen molar-refractivity contribution >= 4 is 5.69 Å². The number of nitro benzene ring substituents is 1. The largest absolute Gasteiger partial charge is 0.314 e. The molecule has 1 atom stereocenters. The SMILES string of the molecule is CCCNC(Cc1c(C)cccc1[N+](=O)[O-])CC(C)C. The first-order valence-electron chi connectivity index (χ1n) is 7.42. The molecule has 4 heteroatoms. The van der Waals surface area contributed by atoms with Gasteiger partial charge < -0.3 is 5.32 Å². The summed E-state index contributed by atoms with van der Waals surface area (Å²) < 4.78 is 0. The van der Waals surface area contributed by atoms with Crippen LogP contribution in [0.4, 0.5) is 5.69 Å². The molecule has 0 saturated heterocycles. The van der Waals surface area contributed by atoms with Crippen LogP contribution in [0.2, 0.25) is 0 Å². The average molecular weight is 278 g/mol. The lowest BCUT2D eigenvalue weighted by Gasteiger charge is -2.21. The van der Waals surface area contributed by atoms with Crippen LogP contribution in [0.5, 0.6) is 0 Å². The second-order valence-electron chi connectivity index (χ2n) is 5.81. The Kier molecular flexibility index (Phi) is 6.65. The van der Waals surface area contributed by atoms with Crippen LogP contribution in [0.25, 0.3) is 0 Å². The Balaban J connectivity index is 2.94. The molecule has 0 bridgehead atoms. The van der Waals surface area contributed by atoms with Gasteiger partial charge in [0.05, 0.1) is 4.92 Å². The fraction of sp³-hybridized carbons (Fsp3) is 0.625. The van der Waals surface area contributed by atoms with E-state index >= 15 is 0 Å². The summed E-state index contributed by atoms with van der Waals surface area (Å²) in [5.41, 5.74) is 2.12. The monoisotopic (exact) mass is 278 g/mol. The van der Waals surface area contributed by atoms with Gasteiger partial charge in [-0.15, -0.1) is 0 Å². The summed E-state index contributed by atoms with van der Waals surface area (Å²) in [5.74, 6) is 0.576. The first-order valence-corrected chi connectivity index (χ1v) is 7.42. The minimum atomic E-state index is -0.269. The van der Waals surface area contributed by atoms with Gasteiger partial charge in [-0.2, -0.15) is 0 Å². The molecule has 1 rings (SSSR count). The van der Waals surface area contributed by atoms with Crippen LogP contribution in [-0.2, 0) is 6.42 Å². The molecule has 0 aliphatic rings. The van der Waals surface area contributed by atoms with Gasteiger partial charge in [-0.25, -0.2) is 0 Å². The number of hydrogen-bond acceptors (Lipinski definition) is 3. The third kappa shape index (κ3) is 4.93. The Morgan fingerprint density at radius 2 is 2.05 bits per heavy atom. The molecular formula is C16H26N2O2. The molecule has 0 fully saturated rings. The van der Waals surface area contributed by atoms with Gasteiger partial charge in [-0.1, -0.05) is 32.9 Å². The average Bonchev–Trinajstić information content (AvgIpc) is 2.37. The lowest BCUT2D eigenvalue weighted by atomic mass is 9.94. The second kappa shape index (κ2) is 8.00. The van der Waals surface area contributed by atoms with Crippen molar-refractivity contribution in [3.8, 4) is 0 Å². The highest BCUT2D eigenvalue weighted by atomic mass is 16.6. The fourth-order valence-corrected chi connectivity index (χ4v) is 2.53. The zero-order chi connectivity index (χ0) is 15.1. The minimum absolute atomic E-state index is 0.247. The van der Waals surface area contributed by atoms with E-state index in [2.05, 4.69) is 26.1 Å². The molecule has 0 aromatic heterocycles. The maximum absolute atomic E-state index is 11.2. The molecule has 1 N–H and O–H groups in total. The van der Waals surface area contributed by atoms with E-state index < -0.39 is 0 Å². The first-order chi connectivity index (χ1) is 9.45. The van der Waals surface area contributed by atoms with Crippen molar-refractivity contribution in [2.45, 2.75) is 53.0 Å². The molecule has 1 unspecified atom stereocenters.